The van der Waals surface area contributed by atoms with Gasteiger partial charge in [0, 0.05) is 26.7 Å². The van der Waals surface area contributed by atoms with Crippen LogP contribution in [-0.2, 0) is 24.3 Å². The van der Waals surface area contributed by atoms with E-state index in [1.165, 1.54) is 16.7 Å². The topological polar surface area (TPSA) is 45.6 Å². The van der Waals surface area contributed by atoms with E-state index >= 15 is 0 Å². The summed E-state index contributed by atoms with van der Waals surface area (Å²) in [5, 5.41) is 6.76. The van der Waals surface area contributed by atoms with Crippen molar-refractivity contribution >= 4 is 29.9 Å². The van der Waals surface area contributed by atoms with Crippen molar-refractivity contribution < 1.29 is 4.74 Å². The van der Waals surface area contributed by atoms with Crippen LogP contribution in [0.4, 0.5) is 0 Å². The van der Waals surface area contributed by atoms with Crippen molar-refractivity contribution in [2.24, 2.45) is 4.99 Å². The zero-order chi connectivity index (χ0) is 17.7. The van der Waals surface area contributed by atoms with Gasteiger partial charge >= 0.3 is 0 Å². The van der Waals surface area contributed by atoms with Crippen molar-refractivity contribution in [1.82, 2.24) is 10.6 Å². The minimum atomic E-state index is 0. The lowest BCUT2D eigenvalue weighted by atomic mass is 10.1. The number of aryl methyl sites for hydroxylation is 1. The maximum absolute atomic E-state index is 5.54. The van der Waals surface area contributed by atoms with Gasteiger partial charge in [0.25, 0.3) is 0 Å². The van der Waals surface area contributed by atoms with Crippen LogP contribution in [0, 0.1) is 0 Å². The number of hydrogen-bond acceptors (Lipinski definition) is 2. The minimum absolute atomic E-state index is 0. The van der Waals surface area contributed by atoms with Gasteiger partial charge in [-0.2, -0.15) is 0 Å². The minimum Gasteiger partial charge on any atom is -0.377 e. The molecule has 0 aromatic heterocycles. The number of ether oxygens (including phenoxy) is 1. The molecule has 0 fully saturated rings. The van der Waals surface area contributed by atoms with Gasteiger partial charge in [0.15, 0.2) is 5.96 Å². The highest BCUT2D eigenvalue weighted by atomic mass is 127. The van der Waals surface area contributed by atoms with Gasteiger partial charge in [0.05, 0.1) is 6.61 Å². The Morgan fingerprint density at radius 2 is 1.65 bits per heavy atom. The summed E-state index contributed by atoms with van der Waals surface area (Å²) in [6, 6.07) is 18.9. The molecule has 0 bridgehead atoms. The van der Waals surface area contributed by atoms with Crippen molar-refractivity contribution in [3.05, 3.63) is 71.3 Å². The molecule has 2 aromatic carbocycles. The molecule has 0 unspecified atom stereocenters. The highest BCUT2D eigenvalue weighted by molar-refractivity contribution is 14.0. The summed E-state index contributed by atoms with van der Waals surface area (Å²) in [6.45, 7) is 5.03. The van der Waals surface area contributed by atoms with E-state index in [2.05, 4.69) is 70.2 Å². The Morgan fingerprint density at radius 3 is 2.35 bits per heavy atom. The number of nitrogens with zero attached hydrogens (tertiary/aromatic N) is 1. The summed E-state index contributed by atoms with van der Waals surface area (Å²) < 4.78 is 5.54. The largest absolute Gasteiger partial charge is 0.377 e. The van der Waals surface area contributed by atoms with Crippen LogP contribution in [0.15, 0.2) is 59.6 Å². The zero-order valence-corrected chi connectivity index (χ0v) is 18.0. The molecule has 26 heavy (non-hydrogen) atoms. The highest BCUT2D eigenvalue weighted by Gasteiger charge is 2.03. The maximum Gasteiger partial charge on any atom is 0.191 e. The Morgan fingerprint density at radius 1 is 0.962 bits per heavy atom. The van der Waals surface area contributed by atoms with Crippen LogP contribution >= 0.6 is 24.0 Å². The molecule has 0 saturated heterocycles. The number of aliphatic imine (C=N–C) groups is 1. The smallest absolute Gasteiger partial charge is 0.191 e. The Hall–Kier alpha value is -1.60. The lowest BCUT2D eigenvalue weighted by molar-refractivity contribution is 0.133. The fraction of sp³-hybridized carbons (Fsp3) is 0.381. The molecule has 0 amide bonds. The van der Waals surface area contributed by atoms with Gasteiger partial charge in [0.2, 0.25) is 0 Å². The molecule has 0 saturated carbocycles. The van der Waals surface area contributed by atoms with Crippen molar-refractivity contribution in [2.75, 3.05) is 20.2 Å². The molecule has 0 aliphatic carbocycles. The van der Waals surface area contributed by atoms with Gasteiger partial charge in [0.1, 0.15) is 0 Å². The first-order valence-corrected chi connectivity index (χ1v) is 8.96. The summed E-state index contributed by atoms with van der Waals surface area (Å²) >= 11 is 0. The summed E-state index contributed by atoms with van der Waals surface area (Å²) in [7, 11) is 1.80. The molecule has 0 radical (unpaired) electrons. The molecule has 0 atom stereocenters. The van der Waals surface area contributed by atoms with Crippen molar-refractivity contribution in [1.29, 1.82) is 0 Å². The van der Waals surface area contributed by atoms with E-state index in [1.807, 2.05) is 6.92 Å². The predicted octanol–water partition coefficient (Wildman–Crippen LogP) is 4.14. The van der Waals surface area contributed by atoms with Crippen LogP contribution in [0.3, 0.4) is 0 Å². The van der Waals surface area contributed by atoms with E-state index in [9.17, 15) is 0 Å². The van der Waals surface area contributed by atoms with Gasteiger partial charge in [-0.1, -0.05) is 54.6 Å². The Labute approximate surface area is 174 Å². The summed E-state index contributed by atoms with van der Waals surface area (Å²) in [5.41, 5.74) is 3.83. The number of benzene rings is 2. The van der Waals surface area contributed by atoms with Crippen LogP contribution in [-0.4, -0.2) is 26.2 Å². The Bertz CT molecular complexity index is 647. The van der Waals surface area contributed by atoms with Crippen LogP contribution in [0.2, 0.25) is 0 Å². The number of nitrogens with one attached hydrogen (secondary N) is 2. The van der Waals surface area contributed by atoms with Crippen molar-refractivity contribution in [3.8, 4) is 0 Å². The first-order valence-electron chi connectivity index (χ1n) is 8.96. The van der Waals surface area contributed by atoms with Crippen molar-refractivity contribution in [3.63, 3.8) is 0 Å². The second-order valence-corrected chi connectivity index (χ2v) is 5.85. The molecule has 0 aliphatic heterocycles. The van der Waals surface area contributed by atoms with E-state index in [0.717, 1.165) is 38.5 Å². The molecule has 0 heterocycles. The molecule has 2 N–H and O–H groups in total. The van der Waals surface area contributed by atoms with E-state index in [0.29, 0.717) is 6.61 Å². The van der Waals surface area contributed by atoms with Gasteiger partial charge in [-0.15, -0.1) is 24.0 Å². The predicted molar refractivity (Wildman–Crippen MR) is 120 cm³/mol. The third kappa shape index (κ3) is 8.19. The molecular weight excluding hydrogens is 437 g/mol. The fourth-order valence-electron chi connectivity index (χ4n) is 2.63. The third-order valence-corrected chi connectivity index (χ3v) is 4.03. The molecule has 0 aliphatic rings. The quantitative estimate of drug-likeness (QED) is 0.252. The summed E-state index contributed by atoms with van der Waals surface area (Å²) in [4.78, 5) is 4.30. The third-order valence-electron chi connectivity index (χ3n) is 4.03. The summed E-state index contributed by atoms with van der Waals surface area (Å²) in [6.07, 6.45) is 2.15. The monoisotopic (exact) mass is 467 g/mol. The molecule has 2 aromatic rings. The van der Waals surface area contributed by atoms with E-state index in [-0.39, 0.29) is 24.0 Å². The maximum atomic E-state index is 5.54. The first-order chi connectivity index (χ1) is 12.3. The Balaban J connectivity index is 0.00000338. The van der Waals surface area contributed by atoms with Crippen LogP contribution in [0.25, 0.3) is 0 Å². The average molecular weight is 467 g/mol. The first kappa shape index (κ1) is 22.4. The molecule has 142 valence electrons. The van der Waals surface area contributed by atoms with Crippen LogP contribution < -0.4 is 10.6 Å². The highest BCUT2D eigenvalue weighted by Crippen LogP contribution is 2.10. The molecular formula is C21H30IN3O. The molecule has 0 spiro atoms. The van der Waals surface area contributed by atoms with Crippen LogP contribution in [0.5, 0.6) is 0 Å². The lowest BCUT2D eigenvalue weighted by Gasteiger charge is -2.14. The van der Waals surface area contributed by atoms with Crippen molar-refractivity contribution in [2.45, 2.75) is 32.9 Å². The van der Waals surface area contributed by atoms with Gasteiger partial charge in [-0.3, -0.25) is 4.99 Å². The number of halogens is 1. The van der Waals surface area contributed by atoms with E-state index in [4.69, 9.17) is 4.74 Å². The van der Waals surface area contributed by atoms with Gasteiger partial charge < -0.3 is 15.4 Å². The number of rotatable bonds is 9. The molecule has 2 rings (SSSR count). The van der Waals surface area contributed by atoms with E-state index in [1.54, 1.807) is 7.05 Å². The van der Waals surface area contributed by atoms with Crippen LogP contribution in [0.1, 0.15) is 30.0 Å². The Kier molecular flexibility index (Phi) is 11.7. The lowest BCUT2D eigenvalue weighted by Crippen LogP contribution is -2.37. The zero-order valence-electron chi connectivity index (χ0n) is 15.7. The second-order valence-electron chi connectivity index (χ2n) is 5.85. The second kappa shape index (κ2) is 13.6. The molecule has 5 heteroatoms. The fourth-order valence-corrected chi connectivity index (χ4v) is 2.63. The van der Waals surface area contributed by atoms with Gasteiger partial charge in [-0.05, 0) is 36.5 Å². The standard InChI is InChI=1S/C21H29N3O.HI/c1-3-25-17-20-14-8-7-13-19(20)16-24-21(22-2)23-15-9-12-18-10-5-4-6-11-18;/h4-8,10-11,13-14H,3,9,12,15-17H2,1-2H3,(H2,22,23,24);1H. The number of hydrogen-bond donors (Lipinski definition) is 2. The SMILES string of the molecule is CCOCc1ccccc1CNC(=NC)NCCCc1ccccc1.I. The normalized spacial score (nSPS) is 10.9. The average Bonchev–Trinajstić information content (AvgIpc) is 2.67. The number of guanidine groups is 1. The molecule has 4 nitrogen and oxygen atoms in total. The van der Waals surface area contributed by atoms with E-state index < -0.39 is 0 Å². The van der Waals surface area contributed by atoms with Gasteiger partial charge in [-0.25, -0.2) is 0 Å². The summed E-state index contributed by atoms with van der Waals surface area (Å²) in [5.74, 6) is 0.833.